The van der Waals surface area contributed by atoms with E-state index in [-0.39, 0.29) is 18.6 Å². The molecule has 1 atom stereocenters. The molecule has 4 heterocycles. The highest BCUT2D eigenvalue weighted by molar-refractivity contribution is 5.79. The highest BCUT2D eigenvalue weighted by Gasteiger charge is 2.34. The number of fused-ring (bicyclic) bond motifs is 1. The normalized spacial score (nSPS) is 22.4. The molecule has 2 aliphatic rings. The summed E-state index contributed by atoms with van der Waals surface area (Å²) in [5, 5.41) is 12.1. The van der Waals surface area contributed by atoms with Gasteiger partial charge in [-0.25, -0.2) is 0 Å². The maximum absolute atomic E-state index is 12.3. The van der Waals surface area contributed by atoms with Crippen molar-refractivity contribution in [1.82, 2.24) is 14.5 Å². The van der Waals surface area contributed by atoms with Crippen LogP contribution in [0.25, 0.3) is 10.9 Å². The Morgan fingerprint density at radius 3 is 3.00 bits per heavy atom. The van der Waals surface area contributed by atoms with Crippen molar-refractivity contribution >= 4 is 16.8 Å². The first-order valence-corrected chi connectivity index (χ1v) is 9.71. The quantitative estimate of drug-likeness (QED) is 0.832. The predicted octanol–water partition coefficient (Wildman–Crippen LogP) is 1.59. The topological polar surface area (TPSA) is 76.8 Å². The minimum absolute atomic E-state index is 0.00865. The van der Waals surface area contributed by atoms with E-state index in [4.69, 9.17) is 9.47 Å². The Morgan fingerprint density at radius 2 is 2.22 bits per heavy atom. The van der Waals surface area contributed by atoms with Gasteiger partial charge in [-0.3, -0.25) is 9.78 Å². The molecular formula is C20H27N3O4. The van der Waals surface area contributed by atoms with Crippen molar-refractivity contribution in [2.24, 2.45) is 0 Å². The molecular weight excluding hydrogens is 346 g/mol. The third-order valence-electron chi connectivity index (χ3n) is 5.64. The van der Waals surface area contributed by atoms with Gasteiger partial charge in [0.15, 0.2) is 0 Å². The second-order valence-corrected chi connectivity index (χ2v) is 7.63. The van der Waals surface area contributed by atoms with Crippen molar-refractivity contribution in [2.75, 3.05) is 32.9 Å². The van der Waals surface area contributed by atoms with Gasteiger partial charge in [-0.2, -0.15) is 0 Å². The van der Waals surface area contributed by atoms with Crippen LogP contribution in [0.1, 0.15) is 25.7 Å². The van der Waals surface area contributed by atoms with Gasteiger partial charge in [0.25, 0.3) is 0 Å². The molecule has 146 valence electrons. The average Bonchev–Trinajstić information content (AvgIpc) is 3.33. The molecule has 7 nitrogen and oxygen atoms in total. The van der Waals surface area contributed by atoms with E-state index in [1.165, 1.54) is 0 Å². The number of piperidine rings is 1. The second kappa shape index (κ2) is 7.96. The Bertz CT molecular complexity index is 776. The maximum atomic E-state index is 12.3. The molecule has 0 radical (unpaired) electrons. The first-order chi connectivity index (χ1) is 13.1. The van der Waals surface area contributed by atoms with Gasteiger partial charge in [-0.05, 0) is 37.8 Å². The van der Waals surface area contributed by atoms with Gasteiger partial charge in [0.05, 0.1) is 36.6 Å². The maximum Gasteiger partial charge on any atom is 0.248 e. The summed E-state index contributed by atoms with van der Waals surface area (Å²) < 4.78 is 13.1. The number of hydrogen-bond donors (Lipinski definition) is 1. The third-order valence-corrected chi connectivity index (χ3v) is 5.64. The van der Waals surface area contributed by atoms with E-state index in [0.29, 0.717) is 39.1 Å². The van der Waals surface area contributed by atoms with Gasteiger partial charge in [0, 0.05) is 37.5 Å². The van der Waals surface area contributed by atoms with Gasteiger partial charge < -0.3 is 24.0 Å². The van der Waals surface area contributed by atoms with Crippen molar-refractivity contribution in [2.45, 2.75) is 43.9 Å². The Labute approximate surface area is 158 Å². The van der Waals surface area contributed by atoms with E-state index in [1.807, 2.05) is 29.1 Å². The molecule has 2 aromatic heterocycles. The molecule has 0 aromatic carbocycles. The van der Waals surface area contributed by atoms with E-state index < -0.39 is 5.60 Å². The summed E-state index contributed by atoms with van der Waals surface area (Å²) in [5.74, 6) is -0.00865. The number of aliphatic hydroxyl groups is 1. The zero-order valence-corrected chi connectivity index (χ0v) is 15.5. The number of rotatable bonds is 6. The molecule has 1 amide bonds. The predicted molar refractivity (Wildman–Crippen MR) is 100 cm³/mol. The van der Waals surface area contributed by atoms with Crippen LogP contribution >= 0.6 is 0 Å². The highest BCUT2D eigenvalue weighted by Crippen LogP contribution is 2.26. The lowest BCUT2D eigenvalue weighted by atomic mass is 9.91. The number of ether oxygens (including phenoxy) is 2. The number of aromatic nitrogens is 2. The molecule has 2 aromatic rings. The molecule has 0 spiro atoms. The van der Waals surface area contributed by atoms with Gasteiger partial charge >= 0.3 is 0 Å². The molecule has 2 aliphatic heterocycles. The number of hydrogen-bond acceptors (Lipinski definition) is 5. The third kappa shape index (κ3) is 4.31. The first kappa shape index (κ1) is 18.4. The van der Waals surface area contributed by atoms with Crippen LogP contribution in [0.2, 0.25) is 0 Å². The summed E-state index contributed by atoms with van der Waals surface area (Å²) >= 11 is 0. The van der Waals surface area contributed by atoms with Crippen LogP contribution < -0.4 is 0 Å². The SMILES string of the molecule is O=C(COC[C@H]1CCCO1)N1CCC(O)(Cn2ccc3ccncc32)CC1. The van der Waals surface area contributed by atoms with Crippen molar-refractivity contribution in [1.29, 1.82) is 0 Å². The fourth-order valence-corrected chi connectivity index (χ4v) is 3.96. The number of pyridine rings is 1. The lowest BCUT2D eigenvalue weighted by molar-refractivity contribution is -0.141. The summed E-state index contributed by atoms with van der Waals surface area (Å²) in [6.45, 7) is 2.98. The number of amides is 1. The molecule has 0 unspecified atom stereocenters. The fourth-order valence-electron chi connectivity index (χ4n) is 3.96. The monoisotopic (exact) mass is 373 g/mol. The first-order valence-electron chi connectivity index (χ1n) is 9.71. The minimum Gasteiger partial charge on any atom is -0.388 e. The van der Waals surface area contributed by atoms with E-state index in [9.17, 15) is 9.90 Å². The lowest BCUT2D eigenvalue weighted by Crippen LogP contribution is -2.49. The second-order valence-electron chi connectivity index (χ2n) is 7.63. The Kier molecular flexibility index (Phi) is 5.43. The van der Waals surface area contributed by atoms with Crippen LogP contribution in [-0.2, 0) is 20.8 Å². The molecule has 2 fully saturated rings. The van der Waals surface area contributed by atoms with Crippen molar-refractivity contribution < 1.29 is 19.4 Å². The lowest BCUT2D eigenvalue weighted by Gasteiger charge is -2.38. The van der Waals surface area contributed by atoms with Gasteiger partial charge in [-0.15, -0.1) is 0 Å². The molecule has 0 aliphatic carbocycles. The summed E-state index contributed by atoms with van der Waals surface area (Å²) in [6, 6.07) is 4.00. The molecule has 2 saturated heterocycles. The molecule has 0 bridgehead atoms. The number of carbonyl (C=O) groups excluding carboxylic acids is 1. The summed E-state index contributed by atoms with van der Waals surface area (Å²) in [4.78, 5) is 18.3. The summed E-state index contributed by atoms with van der Waals surface area (Å²) in [6.07, 6.45) is 8.91. The molecule has 7 heteroatoms. The average molecular weight is 373 g/mol. The van der Waals surface area contributed by atoms with Crippen molar-refractivity contribution in [3.63, 3.8) is 0 Å². The van der Waals surface area contributed by atoms with E-state index in [1.54, 1.807) is 11.1 Å². The number of carbonyl (C=O) groups is 1. The Morgan fingerprint density at radius 1 is 1.37 bits per heavy atom. The van der Waals surface area contributed by atoms with Crippen LogP contribution in [0.4, 0.5) is 0 Å². The van der Waals surface area contributed by atoms with Gasteiger partial charge in [0.2, 0.25) is 5.91 Å². The van der Waals surface area contributed by atoms with Crippen LogP contribution in [0.3, 0.4) is 0 Å². The van der Waals surface area contributed by atoms with E-state index in [2.05, 4.69) is 4.98 Å². The smallest absolute Gasteiger partial charge is 0.248 e. The molecule has 1 N–H and O–H groups in total. The zero-order chi connectivity index (χ0) is 18.7. The molecule has 27 heavy (non-hydrogen) atoms. The highest BCUT2D eigenvalue weighted by atomic mass is 16.5. The van der Waals surface area contributed by atoms with Crippen LogP contribution in [0, 0.1) is 0 Å². The van der Waals surface area contributed by atoms with Crippen molar-refractivity contribution in [3.05, 3.63) is 30.7 Å². The Balaban J connectivity index is 1.26. The fraction of sp³-hybridized carbons (Fsp3) is 0.600. The van der Waals surface area contributed by atoms with Crippen LogP contribution in [0.15, 0.2) is 30.7 Å². The van der Waals surface area contributed by atoms with Crippen molar-refractivity contribution in [3.8, 4) is 0 Å². The minimum atomic E-state index is -0.808. The Hall–Kier alpha value is -1.96. The molecule has 0 saturated carbocycles. The molecule has 4 rings (SSSR count). The van der Waals surface area contributed by atoms with Crippen LogP contribution in [-0.4, -0.2) is 70.1 Å². The summed E-state index contributed by atoms with van der Waals surface area (Å²) in [5.41, 5.74) is 0.212. The number of likely N-dealkylation sites (tertiary alicyclic amines) is 1. The zero-order valence-electron chi connectivity index (χ0n) is 15.5. The van der Waals surface area contributed by atoms with E-state index in [0.717, 1.165) is 30.4 Å². The van der Waals surface area contributed by atoms with E-state index >= 15 is 0 Å². The van der Waals surface area contributed by atoms with Gasteiger partial charge in [-0.1, -0.05) is 0 Å². The standard InChI is InChI=1S/C20H27N3O4/c24-19(14-26-13-17-2-1-11-27-17)22-9-5-20(25,6-10-22)15-23-8-4-16-3-7-21-12-18(16)23/h3-4,7-8,12,17,25H,1-2,5-6,9-11,13-15H2/t17-/m1/s1. The summed E-state index contributed by atoms with van der Waals surface area (Å²) in [7, 11) is 0. The van der Waals surface area contributed by atoms with Gasteiger partial charge in [0.1, 0.15) is 6.61 Å². The van der Waals surface area contributed by atoms with Crippen LogP contribution in [0.5, 0.6) is 0 Å². The largest absolute Gasteiger partial charge is 0.388 e. The number of nitrogens with zero attached hydrogens (tertiary/aromatic N) is 3.